The Balaban J connectivity index is 1.19. The summed E-state index contributed by atoms with van der Waals surface area (Å²) in [7, 11) is 6.24. The average molecular weight is 1230 g/mol. The van der Waals surface area contributed by atoms with Gasteiger partial charge in [-0.25, -0.2) is 4.79 Å². The van der Waals surface area contributed by atoms with E-state index >= 15 is 0 Å². The van der Waals surface area contributed by atoms with Crippen molar-refractivity contribution in [3.05, 3.63) is 120 Å². The zero-order valence-corrected chi connectivity index (χ0v) is 52.2. The number of methoxy groups -OCH3 is 4. The molecule has 1 aromatic carbocycles. The first-order valence-electron chi connectivity index (χ1n) is 30.0. The minimum Gasteiger partial charge on any atom is -0.478 e. The summed E-state index contributed by atoms with van der Waals surface area (Å²) >= 11 is 0. The van der Waals surface area contributed by atoms with Gasteiger partial charge in [-0.3, -0.25) is 9.59 Å². The van der Waals surface area contributed by atoms with Crippen LogP contribution in [0.1, 0.15) is 86.6 Å². The van der Waals surface area contributed by atoms with Gasteiger partial charge in [0.05, 0.1) is 74.1 Å². The van der Waals surface area contributed by atoms with Crippen LogP contribution in [0.15, 0.2) is 115 Å². The highest BCUT2D eigenvalue weighted by Crippen LogP contribution is 2.46. The zero-order valence-electron chi connectivity index (χ0n) is 52.2. The van der Waals surface area contributed by atoms with Crippen molar-refractivity contribution in [2.45, 2.75) is 210 Å². The predicted octanol–water partition coefficient (Wildman–Crippen LogP) is 5.50. The third-order valence-corrected chi connectivity index (χ3v) is 16.9. The molecule has 6 rings (SSSR count). The SMILES string of the molecule is C/C=C\C=C\[C@@H]1O[C@](O)([C@H](CO[C@H]2C[C@H](OC)[C@H](O[C@@H]3C[C@@H](OC)[C@@H](O[C@H]4C[C@H](OC)[C@H](O)[C@H](C)O4)[C@H](C)O3)[C@H](C)O2)C(=O)NC/C=C/C=C(\C)C(OC)C(C)C2CC(O)C(/C=C/C=C/C=C/C(=O)O)O2)[C@H](OC(=O)Cc2ccccc2)[C@H](O)C1(C)C. The van der Waals surface area contributed by atoms with E-state index in [1.54, 1.807) is 133 Å². The molecule has 5 fully saturated rings. The van der Waals surface area contributed by atoms with Gasteiger partial charge in [0.2, 0.25) is 11.7 Å². The number of aliphatic hydroxyl groups excluding tert-OH is 3. The molecule has 1 amide bonds. The Bertz CT molecular complexity index is 2530. The number of carboxylic acid groups (broad SMARTS) is 1. The molecule has 22 nitrogen and oxygen atoms in total. The van der Waals surface area contributed by atoms with E-state index in [1.165, 1.54) is 20.3 Å². The predicted molar refractivity (Wildman–Crippen MR) is 318 cm³/mol. The van der Waals surface area contributed by atoms with Gasteiger partial charge in [0.15, 0.2) is 25.0 Å². The molecule has 0 aromatic heterocycles. The zero-order chi connectivity index (χ0) is 63.6. The number of benzene rings is 1. The van der Waals surface area contributed by atoms with E-state index in [4.69, 9.17) is 66.7 Å². The topological polar surface area (TPSA) is 284 Å². The van der Waals surface area contributed by atoms with Crippen LogP contribution in [0, 0.1) is 17.3 Å². The third kappa shape index (κ3) is 19.1. The first-order valence-corrected chi connectivity index (χ1v) is 30.0. The Morgan fingerprint density at radius 2 is 1.36 bits per heavy atom. The Hall–Kier alpha value is -4.83. The molecular weight excluding hydrogens is 1130 g/mol. The number of allylic oxidation sites excluding steroid dienone is 9. The summed E-state index contributed by atoms with van der Waals surface area (Å²) in [5.41, 5.74) is 0.265. The number of esters is 1. The maximum atomic E-state index is 14.9. The molecule has 5 heterocycles. The molecular formula is C65H95NO21. The van der Waals surface area contributed by atoms with E-state index in [0.29, 0.717) is 18.4 Å². The fourth-order valence-corrected chi connectivity index (χ4v) is 11.8. The Kier molecular flexibility index (Phi) is 27.7. The number of carbonyl (C=O) groups is 3. The molecule has 486 valence electrons. The minimum atomic E-state index is -2.71. The van der Waals surface area contributed by atoms with Gasteiger partial charge in [-0.1, -0.05) is 124 Å². The molecule has 22 heteroatoms. The molecule has 0 spiro atoms. The van der Waals surface area contributed by atoms with Gasteiger partial charge in [0.1, 0.15) is 36.4 Å². The molecule has 0 saturated carbocycles. The van der Waals surface area contributed by atoms with Gasteiger partial charge in [-0.15, -0.1) is 0 Å². The number of carboxylic acids is 1. The lowest BCUT2D eigenvalue weighted by atomic mass is 9.71. The summed E-state index contributed by atoms with van der Waals surface area (Å²) in [6.07, 6.45) is 7.66. The molecule has 1 aromatic rings. The second-order valence-electron chi connectivity index (χ2n) is 23.5. The third-order valence-electron chi connectivity index (χ3n) is 16.9. The molecule has 0 radical (unpaired) electrons. The van der Waals surface area contributed by atoms with Crippen molar-refractivity contribution in [1.29, 1.82) is 0 Å². The number of hydrogen-bond acceptors (Lipinski definition) is 20. The number of ether oxygens (including phenoxy) is 13. The number of aliphatic carboxylic acids is 1. The smallest absolute Gasteiger partial charge is 0.328 e. The number of hydrogen-bond donors (Lipinski definition) is 6. The highest BCUT2D eigenvalue weighted by atomic mass is 16.7. The molecule has 87 heavy (non-hydrogen) atoms. The van der Waals surface area contributed by atoms with Crippen LogP contribution in [-0.2, 0) is 82.4 Å². The average Bonchev–Trinajstić information content (AvgIpc) is 1.73. The maximum Gasteiger partial charge on any atom is 0.328 e. The van der Waals surface area contributed by atoms with Crippen LogP contribution in [0.3, 0.4) is 0 Å². The fourth-order valence-electron chi connectivity index (χ4n) is 11.8. The number of aliphatic hydroxyl groups is 4. The van der Waals surface area contributed by atoms with Gasteiger partial charge in [-0.2, -0.15) is 0 Å². The van der Waals surface area contributed by atoms with Crippen molar-refractivity contribution in [2.75, 3.05) is 41.6 Å². The second-order valence-corrected chi connectivity index (χ2v) is 23.5. The fraction of sp³-hybridized carbons (Fsp3) is 0.646. The number of carbonyl (C=O) groups excluding carboxylic acids is 2. The van der Waals surface area contributed by atoms with Crippen molar-refractivity contribution < 1.29 is 101 Å². The van der Waals surface area contributed by atoms with Crippen molar-refractivity contribution >= 4 is 17.8 Å². The molecule has 5 unspecified atom stereocenters. The Labute approximate surface area is 512 Å². The van der Waals surface area contributed by atoms with E-state index in [9.17, 15) is 34.8 Å². The monoisotopic (exact) mass is 1230 g/mol. The molecule has 5 saturated heterocycles. The van der Waals surface area contributed by atoms with E-state index in [0.717, 1.165) is 11.6 Å². The molecule has 0 aliphatic carbocycles. The van der Waals surface area contributed by atoms with E-state index in [1.807, 2.05) is 33.8 Å². The highest BCUT2D eigenvalue weighted by Gasteiger charge is 2.63. The van der Waals surface area contributed by atoms with Crippen LogP contribution < -0.4 is 5.32 Å². The lowest BCUT2D eigenvalue weighted by Crippen LogP contribution is -2.71. The van der Waals surface area contributed by atoms with Crippen LogP contribution in [0.5, 0.6) is 0 Å². The van der Waals surface area contributed by atoms with Gasteiger partial charge in [-0.05, 0) is 45.8 Å². The van der Waals surface area contributed by atoms with Crippen LogP contribution in [0.2, 0.25) is 0 Å². The Morgan fingerprint density at radius 3 is 1.98 bits per heavy atom. The van der Waals surface area contributed by atoms with E-state index in [2.05, 4.69) is 5.32 Å². The van der Waals surface area contributed by atoms with E-state index in [-0.39, 0.29) is 37.8 Å². The summed E-state index contributed by atoms with van der Waals surface area (Å²) in [6.45, 7) is 13.9. The summed E-state index contributed by atoms with van der Waals surface area (Å²) in [4.78, 5) is 39.5. The van der Waals surface area contributed by atoms with Crippen molar-refractivity contribution in [2.24, 2.45) is 17.3 Å². The first kappa shape index (κ1) is 71.2. The number of nitrogens with one attached hydrogen (secondary N) is 1. The summed E-state index contributed by atoms with van der Waals surface area (Å²) < 4.78 is 80.6. The largest absolute Gasteiger partial charge is 0.478 e. The second kappa shape index (κ2) is 33.8. The highest BCUT2D eigenvalue weighted by molar-refractivity contribution is 5.81. The van der Waals surface area contributed by atoms with Gasteiger partial charge < -0.3 is 92.4 Å². The normalized spacial score (nSPS) is 36.3. The van der Waals surface area contributed by atoms with Crippen molar-refractivity contribution in [3.63, 3.8) is 0 Å². The van der Waals surface area contributed by atoms with Gasteiger partial charge in [0.25, 0.3) is 0 Å². The van der Waals surface area contributed by atoms with Crippen molar-refractivity contribution in [3.8, 4) is 0 Å². The first-order chi connectivity index (χ1) is 41.5. The molecule has 22 atom stereocenters. The van der Waals surface area contributed by atoms with Gasteiger partial charge in [0, 0.05) is 78.1 Å². The lowest BCUT2D eigenvalue weighted by Gasteiger charge is -2.54. The minimum absolute atomic E-state index is 0.0572. The van der Waals surface area contributed by atoms with Crippen LogP contribution in [-0.4, -0.2) is 207 Å². The van der Waals surface area contributed by atoms with E-state index < -0.39 is 152 Å². The lowest BCUT2D eigenvalue weighted by molar-refractivity contribution is -0.368. The summed E-state index contributed by atoms with van der Waals surface area (Å²) in [6, 6.07) is 8.84. The maximum absolute atomic E-state index is 14.9. The van der Waals surface area contributed by atoms with Gasteiger partial charge >= 0.3 is 11.9 Å². The van der Waals surface area contributed by atoms with Crippen LogP contribution in [0.25, 0.3) is 0 Å². The Morgan fingerprint density at radius 1 is 0.759 bits per heavy atom. The van der Waals surface area contributed by atoms with Crippen molar-refractivity contribution in [1.82, 2.24) is 5.32 Å². The van der Waals surface area contributed by atoms with Crippen LogP contribution in [0.4, 0.5) is 0 Å². The molecule has 6 N–H and O–H groups in total. The molecule has 5 aliphatic heterocycles. The van der Waals surface area contributed by atoms with Crippen LogP contribution >= 0.6 is 0 Å². The quantitative estimate of drug-likeness (QED) is 0.0343. The summed E-state index contributed by atoms with van der Waals surface area (Å²) in [5, 5.41) is 58.5. The molecule has 0 bridgehead atoms. The molecule has 5 aliphatic rings. The standard InChI is InChI=1S/C65H95NO21/c1-13-14-18-29-51-64(7,8)61(72)62(84-53(70)32-43-26-19-17-20-27-43)65(74,87-51)44(63(73)66-31-24-23-25-38(2)58(78-12)39(3)47-33-45(67)46(83-47)28-21-15-16-22-30-52(68)69)37-79-54-35-49(76-10)59(41(5)81-54)86-56-36-50(77-11)60(42(6)82-56)85-55-34-48(75-9)57(71)40(4)80-55/h13-30,39-42,44-51,54-62,67,71-72,74H,31-37H2,1-12H3,(H,66,73)(H,68,69)/b14-13-,16-15+,24-23+,28-21+,29-18+,30-22+,38-25+/t39?,40-,41-,42-,44+,45?,46?,47?,48-,49-,50+,51-,54+,55-,56+,57+,58?,59+,60-,61-,62+,65+/m0/s1. The number of rotatable bonds is 28. The summed E-state index contributed by atoms with van der Waals surface area (Å²) in [5.74, 6) is -7.19. The number of amides is 1.